The van der Waals surface area contributed by atoms with Gasteiger partial charge in [-0.3, -0.25) is 0 Å². The third kappa shape index (κ3) is 11.6. The van der Waals surface area contributed by atoms with Gasteiger partial charge in [0, 0.05) is 123 Å². The highest BCUT2D eigenvalue weighted by Crippen LogP contribution is 2.61. The molecule has 23 aromatic rings. The number of nitrogens with zero attached hydrogens (tertiary/aromatic N) is 5. The first-order valence-electron chi connectivity index (χ1n) is 48.8. The molecule has 0 spiro atoms. The maximum Gasteiger partial charge on any atom is 0.270 e. The highest BCUT2D eigenvalue weighted by Gasteiger charge is 2.54. The third-order valence-electron chi connectivity index (χ3n) is 30.2. The van der Waals surface area contributed by atoms with Crippen LogP contribution in [-0.2, 0) is 5.41 Å². The number of para-hydroxylation sites is 9. The monoisotopic (exact) mass is 1850 g/mol. The molecule has 672 valence electrons. The van der Waals surface area contributed by atoms with Crippen LogP contribution in [0.25, 0.3) is 55.0 Å². The lowest BCUT2D eigenvalue weighted by atomic mass is 9.33. The summed E-state index contributed by atoms with van der Waals surface area (Å²) in [6, 6.07) is 161. The topological polar surface area (TPSA) is 103 Å². The highest BCUT2D eigenvalue weighted by atomic mass is 16.5. The quantitative estimate of drug-likeness (QED) is 0.115. The summed E-state index contributed by atoms with van der Waals surface area (Å²) in [4.78, 5) is 6.94. The number of hydrogen-bond acceptors (Lipinski definition) is 12. The number of anilines is 9. The van der Waals surface area contributed by atoms with Gasteiger partial charge in [0.1, 0.15) is 92.0 Å². The number of fused-ring (bicyclic) bond motifs is 8. The van der Waals surface area contributed by atoms with Crippen LogP contribution in [0, 0.1) is 0 Å². The van der Waals surface area contributed by atoms with Crippen molar-refractivity contribution in [2.75, 3.05) is 14.7 Å². The standard InChI is InChI=1S/C43H26BNO3.C42H23BN2O3.C42H27BN2O3/c1-3-13-27(14-4-1)43(28-15-5-2-6-16-28)30-17-7-9-19-32(30)45(33-20-10-8-18-31(33)43)29-25-38-42-39(26-29)48-37-24-12-22-35-41(37)44(42)40-34(46-35)21-11-23-36(40)47-38;1-2-10-24(11-3-1)44-30-14-6-4-12-26(30)28-22-29-27-13-5-7-15-31(27)45(33(29)23-32(28)44)25-20-38-42-39(21-25)48-37-19-9-17-35-41(37)43(42)40-34(46-35)16-8-18-36(40)47-38;1-5-15-28(16-6-1)44(29-17-7-2-8-18-29)32-27-33(45(30-19-9-3-10-20-30)31-21-11-4-12-22-31)42-40-41(32)47-36-25-13-23-34-38(36)43(40)39-35(46-34)24-14-26-37(39)48-42/h1-26H;1-23H;1-27H. The first-order valence-corrected chi connectivity index (χ1v) is 48.8. The van der Waals surface area contributed by atoms with Crippen molar-refractivity contribution in [2.24, 2.45) is 0 Å². The molecule has 14 nitrogen and oxygen atoms in total. The molecule has 144 heavy (non-hydrogen) atoms. The predicted octanol–water partition coefficient (Wildman–Crippen LogP) is 26.9. The molecule has 17 heteroatoms. The Morgan fingerprint density at radius 3 is 0.812 bits per heavy atom. The van der Waals surface area contributed by atoms with Crippen molar-refractivity contribution >= 4 is 164 Å². The Morgan fingerprint density at radius 1 is 0.188 bits per heavy atom. The van der Waals surface area contributed by atoms with Crippen LogP contribution in [0.5, 0.6) is 103 Å². The van der Waals surface area contributed by atoms with E-state index in [1.807, 2.05) is 133 Å². The van der Waals surface area contributed by atoms with Crippen molar-refractivity contribution in [1.82, 2.24) is 9.13 Å². The lowest BCUT2D eigenvalue weighted by Gasteiger charge is -2.46. The number of hydrogen-bond donors (Lipinski definition) is 0. The Bertz CT molecular complexity index is 8900. The zero-order chi connectivity index (χ0) is 94.1. The zero-order valence-electron chi connectivity index (χ0n) is 77.0. The molecule has 2 aromatic heterocycles. The van der Waals surface area contributed by atoms with Crippen LogP contribution in [0.4, 0.5) is 51.2 Å². The summed E-state index contributed by atoms with van der Waals surface area (Å²) in [6.45, 7) is -0.191. The number of benzene rings is 21. The van der Waals surface area contributed by atoms with E-state index in [0.717, 1.165) is 232 Å². The fourth-order valence-electron chi connectivity index (χ4n) is 24.5. The summed E-state index contributed by atoms with van der Waals surface area (Å²) in [5.41, 5.74) is 29.5. The molecule has 0 unspecified atom stereocenters. The fraction of sp³-hybridized carbons (Fsp3) is 0.00787. The second-order valence-electron chi connectivity index (χ2n) is 37.7. The van der Waals surface area contributed by atoms with Gasteiger partial charge in [-0.25, -0.2) is 0 Å². The van der Waals surface area contributed by atoms with E-state index in [0.29, 0.717) is 0 Å². The Morgan fingerprint density at radius 2 is 0.458 bits per heavy atom. The average Bonchev–Trinajstić information content (AvgIpc) is 1.63. The van der Waals surface area contributed by atoms with Crippen molar-refractivity contribution in [3.8, 4) is 115 Å². The van der Waals surface area contributed by atoms with Gasteiger partial charge in [0.2, 0.25) is 0 Å². The van der Waals surface area contributed by atoms with Gasteiger partial charge in [0.05, 0.1) is 61.6 Å². The van der Waals surface area contributed by atoms with Gasteiger partial charge in [0.25, 0.3) is 20.1 Å². The fourth-order valence-corrected chi connectivity index (χ4v) is 24.5. The molecule has 0 N–H and O–H groups in total. The summed E-state index contributed by atoms with van der Waals surface area (Å²) in [6.07, 6.45) is 0. The normalized spacial score (nSPS) is 13.6. The summed E-state index contributed by atoms with van der Waals surface area (Å²) in [5, 5.41) is 4.88. The Balaban J connectivity index is 0.0000000986. The van der Waals surface area contributed by atoms with Gasteiger partial charge in [-0.05, 0) is 198 Å². The van der Waals surface area contributed by atoms with Crippen molar-refractivity contribution in [3.05, 3.63) is 483 Å². The Kier molecular flexibility index (Phi) is 17.2. The van der Waals surface area contributed by atoms with E-state index in [1.165, 1.54) is 49.3 Å². The van der Waals surface area contributed by atoms with Crippen LogP contribution in [0.1, 0.15) is 22.3 Å². The number of aromatic nitrogens is 2. The minimum absolute atomic E-state index is 0.0166. The molecule has 0 radical (unpaired) electrons. The Labute approximate surface area is 828 Å². The molecule has 0 amide bonds. The first kappa shape index (κ1) is 80.0. The minimum Gasteiger partial charge on any atom is -0.458 e. The highest BCUT2D eigenvalue weighted by molar-refractivity contribution is 7.01. The third-order valence-corrected chi connectivity index (χ3v) is 30.2. The summed E-state index contributed by atoms with van der Waals surface area (Å²) in [5.74, 6) is 14.6. The molecule has 10 aliphatic heterocycles. The molecule has 0 saturated carbocycles. The molecule has 0 atom stereocenters. The largest absolute Gasteiger partial charge is 0.458 e. The van der Waals surface area contributed by atoms with E-state index in [4.69, 9.17) is 42.6 Å². The molecule has 21 aromatic carbocycles. The molecule has 33 rings (SSSR count). The summed E-state index contributed by atoms with van der Waals surface area (Å²) in [7, 11) is 0. The van der Waals surface area contributed by atoms with Crippen LogP contribution in [-0.4, -0.2) is 29.3 Å². The molecular weight excluding hydrogens is 1770 g/mol. The smallest absolute Gasteiger partial charge is 0.270 e. The average molecular weight is 1850 g/mol. The lowest BCUT2D eigenvalue weighted by molar-refractivity contribution is 0.442. The predicted molar refractivity (Wildman–Crippen MR) is 577 cm³/mol. The van der Waals surface area contributed by atoms with Gasteiger partial charge in [0.15, 0.2) is 11.5 Å². The van der Waals surface area contributed by atoms with Crippen molar-refractivity contribution in [1.29, 1.82) is 0 Å². The van der Waals surface area contributed by atoms with Gasteiger partial charge < -0.3 is 66.5 Å². The van der Waals surface area contributed by atoms with E-state index in [9.17, 15) is 0 Å². The molecular formula is C127H76B3N5O9. The summed E-state index contributed by atoms with van der Waals surface area (Å²) >= 11 is 0. The second-order valence-corrected chi connectivity index (χ2v) is 37.7. The molecule has 12 heterocycles. The van der Waals surface area contributed by atoms with Crippen molar-refractivity contribution < 1.29 is 42.6 Å². The van der Waals surface area contributed by atoms with Crippen LogP contribution in [0.3, 0.4) is 0 Å². The molecule has 0 saturated heterocycles. The molecule has 0 bridgehead atoms. The van der Waals surface area contributed by atoms with Crippen LogP contribution in [0.15, 0.2) is 461 Å². The first-order chi connectivity index (χ1) is 71.4. The Hall–Kier alpha value is -19.0. The molecule has 10 aliphatic rings. The maximum atomic E-state index is 7.03. The van der Waals surface area contributed by atoms with Crippen molar-refractivity contribution in [3.63, 3.8) is 0 Å². The van der Waals surface area contributed by atoms with E-state index in [2.05, 4.69) is 351 Å². The lowest BCUT2D eigenvalue weighted by Crippen LogP contribution is -2.60. The van der Waals surface area contributed by atoms with E-state index < -0.39 is 5.41 Å². The number of ether oxygens (including phenoxy) is 9. The van der Waals surface area contributed by atoms with Crippen molar-refractivity contribution in [2.45, 2.75) is 5.41 Å². The zero-order valence-corrected chi connectivity index (χ0v) is 77.0. The van der Waals surface area contributed by atoms with E-state index in [-0.39, 0.29) is 20.1 Å². The van der Waals surface area contributed by atoms with Gasteiger partial charge >= 0.3 is 0 Å². The summed E-state index contributed by atoms with van der Waals surface area (Å²) < 4.78 is 65.0. The number of rotatable bonds is 11. The van der Waals surface area contributed by atoms with E-state index in [1.54, 1.807) is 0 Å². The SMILES string of the molecule is c1ccc(-n2c3ccccc3c3cc4c5ccccc5n(-c5cc6c7c(c5)Oc5cccc8c5B7c5c(cccc5O6)O8)c4cc32)cc1.c1ccc(C2(c3ccccc3)c3ccccc3N(c3cc4c5c(c3)Oc3cccc6c3B5c3c(cccc3O4)O6)c3ccccc32)cc1.c1ccc(N(c2ccccc2)c2cc(N(c3ccccc3)c3ccccc3)c3c4c2Oc2cccc5c2B4c2c(cccc2O3)O5)cc1. The van der Waals surface area contributed by atoms with Crippen LogP contribution < -0.4 is 106 Å². The van der Waals surface area contributed by atoms with Gasteiger partial charge in [-0.2, -0.15) is 0 Å². The maximum absolute atomic E-state index is 7.03. The van der Waals surface area contributed by atoms with Gasteiger partial charge in [-0.15, -0.1) is 0 Å². The molecule has 0 fully saturated rings. The molecule has 0 aliphatic carbocycles. The van der Waals surface area contributed by atoms with Crippen LogP contribution in [0.2, 0.25) is 0 Å². The second kappa shape index (κ2) is 31.0. The minimum atomic E-state index is -0.533. The van der Waals surface area contributed by atoms with Crippen LogP contribution >= 0.6 is 0 Å². The van der Waals surface area contributed by atoms with Gasteiger partial charge in [-0.1, -0.05) is 261 Å². The van der Waals surface area contributed by atoms with E-state index >= 15 is 0 Å².